The highest BCUT2D eigenvalue weighted by Gasteiger charge is 2.35. The number of nitrogens with zero attached hydrogens (tertiary/aromatic N) is 3. The first-order valence-corrected chi connectivity index (χ1v) is 13.7. The molecule has 6 nitrogen and oxygen atoms in total. The number of hydrogen-bond donors (Lipinski definition) is 1. The molecular weight excluding hydrogens is 472 g/mol. The second-order valence-electron chi connectivity index (χ2n) is 10.9. The second-order valence-corrected chi connectivity index (χ2v) is 10.9. The standard InChI is InChI=1S/C32H42N4O2/c1-33-29(21-26-14-15-27-12-8-9-13-28(27)20-26)31(37)35(4)30(22-24-10-6-5-7-11-24)32(38)36-18-16-25(17-19-36)23-34(2)3/h5-15,20,25,29-30,33H,16-19,21-23H2,1-4H3/t29-,30-/m1/s1. The van der Waals surface area contributed by atoms with Crippen LogP contribution in [0.25, 0.3) is 10.8 Å². The molecule has 1 fully saturated rings. The fraction of sp³-hybridized carbons (Fsp3) is 0.438. The van der Waals surface area contributed by atoms with Crippen molar-refractivity contribution in [3.05, 3.63) is 83.9 Å². The molecule has 38 heavy (non-hydrogen) atoms. The first kappa shape index (κ1) is 27.8. The van der Waals surface area contributed by atoms with E-state index in [0.717, 1.165) is 49.0 Å². The lowest BCUT2D eigenvalue weighted by atomic mass is 9.94. The molecule has 2 atom stereocenters. The third-order valence-corrected chi connectivity index (χ3v) is 7.82. The number of amides is 2. The summed E-state index contributed by atoms with van der Waals surface area (Å²) in [6.45, 7) is 2.54. The van der Waals surface area contributed by atoms with E-state index in [0.29, 0.717) is 18.8 Å². The molecule has 1 aliphatic rings. The summed E-state index contributed by atoms with van der Waals surface area (Å²) in [6.07, 6.45) is 3.07. The Hall–Kier alpha value is -3.22. The Morgan fingerprint density at radius 3 is 2.18 bits per heavy atom. The minimum atomic E-state index is -0.539. The van der Waals surface area contributed by atoms with Gasteiger partial charge in [0.05, 0.1) is 6.04 Å². The van der Waals surface area contributed by atoms with Crippen LogP contribution in [0.1, 0.15) is 24.0 Å². The summed E-state index contributed by atoms with van der Waals surface area (Å²) in [5, 5.41) is 5.57. The molecule has 1 N–H and O–H groups in total. The minimum absolute atomic E-state index is 0.0496. The molecule has 0 spiro atoms. The van der Waals surface area contributed by atoms with Crippen LogP contribution >= 0.6 is 0 Å². The molecule has 6 heteroatoms. The summed E-state index contributed by atoms with van der Waals surface area (Å²) in [5.74, 6) is 0.600. The normalized spacial score (nSPS) is 16.0. The number of likely N-dealkylation sites (tertiary alicyclic amines) is 1. The molecule has 1 saturated heterocycles. The van der Waals surface area contributed by atoms with E-state index in [-0.39, 0.29) is 11.8 Å². The van der Waals surface area contributed by atoms with E-state index >= 15 is 0 Å². The van der Waals surface area contributed by atoms with Crippen LogP contribution in [0.2, 0.25) is 0 Å². The van der Waals surface area contributed by atoms with Crippen LogP contribution in [-0.2, 0) is 22.4 Å². The Morgan fingerprint density at radius 1 is 0.868 bits per heavy atom. The van der Waals surface area contributed by atoms with Crippen molar-refractivity contribution in [3.8, 4) is 0 Å². The van der Waals surface area contributed by atoms with E-state index < -0.39 is 12.1 Å². The van der Waals surface area contributed by atoms with Gasteiger partial charge in [-0.25, -0.2) is 0 Å². The zero-order valence-corrected chi connectivity index (χ0v) is 23.3. The van der Waals surface area contributed by atoms with Crippen LogP contribution in [0.15, 0.2) is 72.8 Å². The summed E-state index contributed by atoms with van der Waals surface area (Å²) < 4.78 is 0. The zero-order valence-electron chi connectivity index (χ0n) is 23.3. The SMILES string of the molecule is CN[C@H](Cc1ccc2ccccc2c1)C(=O)N(C)[C@H](Cc1ccccc1)C(=O)N1CCC(CN(C)C)CC1. The maximum Gasteiger partial charge on any atom is 0.245 e. The number of carbonyl (C=O) groups excluding carboxylic acids is 2. The quantitative estimate of drug-likeness (QED) is 0.447. The molecule has 0 aliphatic carbocycles. The number of piperidine rings is 1. The molecular formula is C32H42N4O2. The fourth-order valence-corrected chi connectivity index (χ4v) is 5.60. The Balaban J connectivity index is 1.50. The van der Waals surface area contributed by atoms with Gasteiger partial charge in [-0.2, -0.15) is 0 Å². The lowest BCUT2D eigenvalue weighted by Crippen LogP contribution is -2.56. The Bertz CT molecular complexity index is 1200. The number of rotatable bonds is 10. The zero-order chi connectivity index (χ0) is 27.1. The lowest BCUT2D eigenvalue weighted by Gasteiger charge is -2.38. The third kappa shape index (κ3) is 7.00. The number of nitrogens with one attached hydrogen (secondary N) is 1. The van der Waals surface area contributed by atoms with E-state index in [2.05, 4.69) is 54.6 Å². The van der Waals surface area contributed by atoms with E-state index in [1.54, 1.807) is 11.9 Å². The molecule has 1 aliphatic heterocycles. The van der Waals surface area contributed by atoms with Crippen molar-refractivity contribution in [3.63, 3.8) is 0 Å². The molecule has 1 heterocycles. The predicted molar refractivity (Wildman–Crippen MR) is 155 cm³/mol. The largest absolute Gasteiger partial charge is 0.341 e. The van der Waals surface area contributed by atoms with E-state index in [1.807, 2.05) is 54.4 Å². The summed E-state index contributed by atoms with van der Waals surface area (Å²) in [5.41, 5.74) is 2.15. The summed E-state index contributed by atoms with van der Waals surface area (Å²) in [7, 11) is 7.81. The van der Waals surface area contributed by atoms with E-state index in [1.165, 1.54) is 5.39 Å². The van der Waals surface area contributed by atoms with E-state index in [9.17, 15) is 9.59 Å². The molecule has 0 radical (unpaired) electrons. The smallest absolute Gasteiger partial charge is 0.245 e. The Labute approximate surface area is 227 Å². The van der Waals surface area contributed by atoms with E-state index in [4.69, 9.17) is 0 Å². The Morgan fingerprint density at radius 2 is 1.53 bits per heavy atom. The molecule has 0 bridgehead atoms. The highest BCUT2D eigenvalue weighted by molar-refractivity contribution is 5.90. The first-order valence-electron chi connectivity index (χ1n) is 13.7. The monoisotopic (exact) mass is 514 g/mol. The number of likely N-dealkylation sites (N-methyl/N-ethyl adjacent to an activating group) is 2. The molecule has 0 saturated carbocycles. The number of benzene rings is 3. The van der Waals surface area contributed by atoms with Crippen molar-refractivity contribution in [2.75, 3.05) is 47.8 Å². The van der Waals surface area contributed by atoms with Gasteiger partial charge in [-0.1, -0.05) is 72.8 Å². The second kappa shape index (κ2) is 13.0. The van der Waals surface area contributed by atoms with Crippen molar-refractivity contribution in [1.82, 2.24) is 20.0 Å². The summed E-state index contributed by atoms with van der Waals surface area (Å²) >= 11 is 0. The maximum atomic E-state index is 13.9. The molecule has 3 aromatic rings. The average molecular weight is 515 g/mol. The van der Waals surface area contributed by atoms with Crippen LogP contribution in [0.5, 0.6) is 0 Å². The number of fused-ring (bicyclic) bond motifs is 1. The molecule has 3 aromatic carbocycles. The topological polar surface area (TPSA) is 55.9 Å². The van der Waals surface area contributed by atoms with Crippen molar-refractivity contribution in [2.24, 2.45) is 5.92 Å². The lowest BCUT2D eigenvalue weighted by molar-refractivity contribution is -0.146. The number of hydrogen-bond acceptors (Lipinski definition) is 4. The summed E-state index contributed by atoms with van der Waals surface area (Å²) in [6, 6.07) is 23.7. The van der Waals surface area contributed by atoms with Gasteiger partial charge < -0.3 is 20.0 Å². The average Bonchev–Trinajstić information content (AvgIpc) is 2.94. The van der Waals surface area contributed by atoms with Gasteiger partial charge in [0.1, 0.15) is 6.04 Å². The van der Waals surface area contributed by atoms with Gasteiger partial charge in [0, 0.05) is 33.1 Å². The highest BCUT2D eigenvalue weighted by atomic mass is 16.2. The van der Waals surface area contributed by atoms with Crippen LogP contribution < -0.4 is 5.32 Å². The van der Waals surface area contributed by atoms with Crippen LogP contribution in [0, 0.1) is 5.92 Å². The minimum Gasteiger partial charge on any atom is -0.341 e. The van der Waals surface area contributed by atoms with Crippen LogP contribution in [-0.4, -0.2) is 86.4 Å². The molecule has 202 valence electrons. The van der Waals surface area contributed by atoms with Crippen LogP contribution in [0.4, 0.5) is 0 Å². The van der Waals surface area contributed by atoms with Gasteiger partial charge >= 0.3 is 0 Å². The first-order chi connectivity index (χ1) is 18.4. The Kier molecular flexibility index (Phi) is 9.53. The van der Waals surface area contributed by atoms with Crippen molar-refractivity contribution >= 4 is 22.6 Å². The third-order valence-electron chi connectivity index (χ3n) is 7.82. The maximum absolute atomic E-state index is 13.9. The molecule has 0 unspecified atom stereocenters. The van der Waals surface area contributed by atoms with Gasteiger partial charge in [-0.15, -0.1) is 0 Å². The molecule has 2 amide bonds. The van der Waals surface area contributed by atoms with Gasteiger partial charge in [0.25, 0.3) is 0 Å². The van der Waals surface area contributed by atoms with Gasteiger partial charge in [0.15, 0.2) is 0 Å². The molecule has 0 aromatic heterocycles. The van der Waals surface area contributed by atoms with Gasteiger partial charge in [-0.3, -0.25) is 9.59 Å². The summed E-state index contributed by atoms with van der Waals surface area (Å²) in [4.78, 5) is 33.6. The number of carbonyl (C=O) groups is 2. The van der Waals surface area contributed by atoms with Crippen molar-refractivity contribution in [1.29, 1.82) is 0 Å². The van der Waals surface area contributed by atoms with Crippen molar-refractivity contribution < 1.29 is 9.59 Å². The van der Waals surface area contributed by atoms with Crippen LogP contribution in [0.3, 0.4) is 0 Å². The predicted octanol–water partition coefficient (Wildman–Crippen LogP) is 3.84. The van der Waals surface area contributed by atoms with Gasteiger partial charge in [-0.05, 0) is 68.2 Å². The van der Waals surface area contributed by atoms with Gasteiger partial charge in [0.2, 0.25) is 11.8 Å². The fourth-order valence-electron chi connectivity index (χ4n) is 5.60. The van der Waals surface area contributed by atoms with Crippen molar-refractivity contribution in [2.45, 2.75) is 37.8 Å². The molecule has 4 rings (SSSR count). The highest BCUT2D eigenvalue weighted by Crippen LogP contribution is 2.22.